The van der Waals surface area contributed by atoms with Crippen LogP contribution in [0.3, 0.4) is 0 Å². The second-order valence-electron chi connectivity index (χ2n) is 5.97. The highest BCUT2D eigenvalue weighted by molar-refractivity contribution is 5.97. The lowest BCUT2D eigenvalue weighted by Gasteiger charge is -2.18. The van der Waals surface area contributed by atoms with Gasteiger partial charge < -0.3 is 24.6 Å². The Morgan fingerprint density at radius 2 is 1.88 bits per heavy atom. The Hall–Kier alpha value is -3.06. The Balaban J connectivity index is 1.72. The molecule has 1 fully saturated rings. The lowest BCUT2D eigenvalue weighted by molar-refractivity contribution is 0.0686. The number of carboxylic acid groups (broad SMARTS) is 1. The molecular formula is C19H19NO6. The van der Waals surface area contributed by atoms with E-state index in [1.54, 1.807) is 36.4 Å². The van der Waals surface area contributed by atoms with Gasteiger partial charge in [0.1, 0.15) is 23.7 Å². The Morgan fingerprint density at radius 3 is 2.62 bits per heavy atom. The summed E-state index contributed by atoms with van der Waals surface area (Å²) in [6.07, 6.45) is -1.51. The SMILES string of the molecule is COc1ccccc1C(=O)N1C[C@@H](O)[C@H](Oc2cccc(C(=O)O)c2)C1. The summed E-state index contributed by atoms with van der Waals surface area (Å²) in [7, 11) is 1.49. The summed E-state index contributed by atoms with van der Waals surface area (Å²) in [6.45, 7) is 0.315. The minimum atomic E-state index is -1.06. The summed E-state index contributed by atoms with van der Waals surface area (Å²) < 4.78 is 10.9. The molecule has 1 aliphatic rings. The van der Waals surface area contributed by atoms with Crippen LogP contribution in [0.2, 0.25) is 0 Å². The van der Waals surface area contributed by atoms with Gasteiger partial charge in [-0.25, -0.2) is 4.79 Å². The number of aliphatic hydroxyl groups is 1. The van der Waals surface area contributed by atoms with Gasteiger partial charge in [0.2, 0.25) is 0 Å². The number of likely N-dealkylation sites (tertiary alicyclic amines) is 1. The van der Waals surface area contributed by atoms with Crippen LogP contribution < -0.4 is 9.47 Å². The highest BCUT2D eigenvalue weighted by Crippen LogP contribution is 2.24. The number of amides is 1. The summed E-state index contributed by atoms with van der Waals surface area (Å²) in [4.78, 5) is 25.3. The van der Waals surface area contributed by atoms with Crippen LogP contribution in [-0.4, -0.2) is 59.4 Å². The average molecular weight is 357 g/mol. The Morgan fingerprint density at radius 1 is 1.12 bits per heavy atom. The number of hydrogen-bond acceptors (Lipinski definition) is 5. The summed E-state index contributed by atoms with van der Waals surface area (Å²) in [5, 5.41) is 19.3. The number of β-amino-alcohol motifs (C(OH)–C–C–N with tert-alkyl or cyclic N) is 1. The number of rotatable bonds is 5. The van der Waals surface area contributed by atoms with Crippen molar-refractivity contribution in [2.24, 2.45) is 0 Å². The lowest BCUT2D eigenvalue weighted by Crippen LogP contribution is -2.31. The number of carbonyl (C=O) groups is 2. The molecule has 0 aromatic heterocycles. The van der Waals surface area contributed by atoms with Gasteiger partial charge in [0.25, 0.3) is 5.91 Å². The number of ether oxygens (including phenoxy) is 2. The summed E-state index contributed by atoms with van der Waals surface area (Å²) in [5.41, 5.74) is 0.507. The molecule has 26 heavy (non-hydrogen) atoms. The number of aliphatic hydroxyl groups excluding tert-OH is 1. The first kappa shape index (κ1) is 17.8. The van der Waals surface area contributed by atoms with Crippen LogP contribution in [0.25, 0.3) is 0 Å². The molecule has 0 unspecified atom stereocenters. The molecule has 2 aromatic rings. The Kier molecular flexibility index (Phi) is 5.09. The van der Waals surface area contributed by atoms with Crippen molar-refractivity contribution in [3.05, 3.63) is 59.7 Å². The van der Waals surface area contributed by atoms with E-state index in [9.17, 15) is 14.7 Å². The van der Waals surface area contributed by atoms with E-state index < -0.39 is 18.2 Å². The maximum absolute atomic E-state index is 12.7. The molecule has 1 aliphatic heterocycles. The van der Waals surface area contributed by atoms with Gasteiger partial charge >= 0.3 is 5.97 Å². The standard InChI is InChI=1S/C19H19NO6/c1-25-16-8-3-2-7-14(16)18(22)20-10-15(21)17(11-20)26-13-6-4-5-12(9-13)19(23)24/h2-9,15,17,21H,10-11H2,1H3,(H,23,24)/t15-,17-/m1/s1. The van der Waals surface area contributed by atoms with Crippen molar-refractivity contribution in [1.29, 1.82) is 0 Å². The molecular weight excluding hydrogens is 338 g/mol. The number of benzene rings is 2. The van der Waals surface area contributed by atoms with Crippen molar-refractivity contribution in [1.82, 2.24) is 4.90 Å². The summed E-state index contributed by atoms with van der Waals surface area (Å²) in [6, 6.07) is 12.9. The molecule has 2 atom stereocenters. The van der Waals surface area contributed by atoms with Crippen molar-refractivity contribution in [2.75, 3.05) is 20.2 Å². The van der Waals surface area contributed by atoms with Crippen LogP contribution in [0.1, 0.15) is 20.7 Å². The topological polar surface area (TPSA) is 96.3 Å². The number of nitrogens with zero attached hydrogens (tertiary/aromatic N) is 1. The number of carboxylic acids is 1. The fraction of sp³-hybridized carbons (Fsp3) is 0.263. The number of hydrogen-bond donors (Lipinski definition) is 2. The first-order chi connectivity index (χ1) is 12.5. The number of aromatic carboxylic acids is 1. The van der Waals surface area contributed by atoms with Crippen molar-refractivity contribution in [3.8, 4) is 11.5 Å². The minimum Gasteiger partial charge on any atom is -0.496 e. The van der Waals surface area contributed by atoms with Gasteiger partial charge in [-0.05, 0) is 30.3 Å². The van der Waals surface area contributed by atoms with Gasteiger partial charge in [-0.3, -0.25) is 4.79 Å². The molecule has 2 N–H and O–H groups in total. The highest BCUT2D eigenvalue weighted by atomic mass is 16.5. The third-order valence-corrected chi connectivity index (χ3v) is 4.23. The number of methoxy groups -OCH3 is 1. The van der Waals surface area contributed by atoms with E-state index in [-0.39, 0.29) is 24.6 Å². The molecule has 0 aliphatic carbocycles. The second kappa shape index (κ2) is 7.45. The molecule has 0 radical (unpaired) electrons. The lowest BCUT2D eigenvalue weighted by atomic mass is 10.2. The third-order valence-electron chi connectivity index (χ3n) is 4.23. The number of para-hydroxylation sites is 1. The molecule has 136 valence electrons. The normalized spacial score (nSPS) is 19.2. The molecule has 7 heteroatoms. The maximum atomic E-state index is 12.7. The predicted octanol–water partition coefficient (Wildman–Crippen LogP) is 1.66. The Labute approximate surface area is 150 Å². The van der Waals surface area contributed by atoms with Gasteiger partial charge in [-0.1, -0.05) is 18.2 Å². The molecule has 1 saturated heterocycles. The number of carbonyl (C=O) groups excluding carboxylic acids is 1. The van der Waals surface area contributed by atoms with E-state index >= 15 is 0 Å². The molecule has 0 saturated carbocycles. The monoisotopic (exact) mass is 357 g/mol. The van der Waals surface area contributed by atoms with Crippen LogP contribution in [0, 0.1) is 0 Å². The molecule has 3 rings (SSSR count). The smallest absolute Gasteiger partial charge is 0.335 e. The van der Waals surface area contributed by atoms with E-state index in [0.29, 0.717) is 17.1 Å². The fourth-order valence-electron chi connectivity index (χ4n) is 2.91. The van der Waals surface area contributed by atoms with Crippen LogP contribution in [-0.2, 0) is 0 Å². The van der Waals surface area contributed by atoms with Gasteiger partial charge in [-0.15, -0.1) is 0 Å². The second-order valence-corrected chi connectivity index (χ2v) is 5.97. The molecule has 1 heterocycles. The van der Waals surface area contributed by atoms with E-state index in [4.69, 9.17) is 14.6 Å². The zero-order valence-electron chi connectivity index (χ0n) is 14.2. The first-order valence-corrected chi connectivity index (χ1v) is 8.10. The highest BCUT2D eigenvalue weighted by Gasteiger charge is 2.36. The van der Waals surface area contributed by atoms with Crippen molar-refractivity contribution in [2.45, 2.75) is 12.2 Å². The molecule has 2 aromatic carbocycles. The van der Waals surface area contributed by atoms with E-state index in [0.717, 1.165) is 0 Å². The fourth-order valence-corrected chi connectivity index (χ4v) is 2.91. The summed E-state index contributed by atoms with van der Waals surface area (Å²) in [5.74, 6) is -0.520. The molecule has 0 spiro atoms. The van der Waals surface area contributed by atoms with E-state index in [1.807, 2.05) is 0 Å². The van der Waals surface area contributed by atoms with Crippen LogP contribution in [0.5, 0.6) is 11.5 Å². The molecule has 1 amide bonds. The average Bonchev–Trinajstić information content (AvgIpc) is 3.01. The van der Waals surface area contributed by atoms with Gasteiger partial charge in [0.05, 0.1) is 31.3 Å². The quantitative estimate of drug-likeness (QED) is 0.845. The predicted molar refractivity (Wildman–Crippen MR) is 92.7 cm³/mol. The van der Waals surface area contributed by atoms with Gasteiger partial charge in [0, 0.05) is 0 Å². The largest absolute Gasteiger partial charge is 0.496 e. The van der Waals surface area contributed by atoms with E-state index in [1.165, 1.54) is 24.1 Å². The van der Waals surface area contributed by atoms with Crippen molar-refractivity contribution >= 4 is 11.9 Å². The van der Waals surface area contributed by atoms with E-state index in [2.05, 4.69) is 0 Å². The maximum Gasteiger partial charge on any atom is 0.335 e. The third kappa shape index (κ3) is 3.62. The van der Waals surface area contributed by atoms with Crippen LogP contribution in [0.15, 0.2) is 48.5 Å². The summed E-state index contributed by atoms with van der Waals surface area (Å²) >= 11 is 0. The van der Waals surface area contributed by atoms with Crippen molar-refractivity contribution < 1.29 is 29.3 Å². The van der Waals surface area contributed by atoms with Crippen molar-refractivity contribution in [3.63, 3.8) is 0 Å². The van der Waals surface area contributed by atoms with Crippen LogP contribution >= 0.6 is 0 Å². The first-order valence-electron chi connectivity index (χ1n) is 8.10. The van der Waals surface area contributed by atoms with Crippen LogP contribution in [0.4, 0.5) is 0 Å². The van der Waals surface area contributed by atoms with Gasteiger partial charge in [0.15, 0.2) is 0 Å². The van der Waals surface area contributed by atoms with Gasteiger partial charge in [-0.2, -0.15) is 0 Å². The zero-order chi connectivity index (χ0) is 18.7. The zero-order valence-corrected chi connectivity index (χ0v) is 14.2. The Bertz CT molecular complexity index is 821. The molecule has 0 bridgehead atoms. The molecule has 7 nitrogen and oxygen atoms in total. The minimum absolute atomic E-state index is 0.0944.